The molecule has 19 heavy (non-hydrogen) atoms. The Morgan fingerprint density at radius 2 is 0.737 bits per heavy atom. The SMILES string of the molecule is [O-][Cl+3]([O-])([O-])OCCCCCCCCCO[Cl+3]([O-])([O-])[O-]. The Morgan fingerprint density at radius 1 is 0.474 bits per heavy atom. The smallest absolute Gasteiger partial charge is 0.183 e. The maximum Gasteiger partial charge on any atom is 0.203 e. The van der Waals surface area contributed by atoms with E-state index in [1.165, 1.54) is 0 Å². The number of rotatable bonds is 12. The van der Waals surface area contributed by atoms with Crippen LogP contribution in [0.5, 0.6) is 0 Å². The van der Waals surface area contributed by atoms with E-state index in [1.807, 2.05) is 0 Å². The lowest BCUT2D eigenvalue weighted by atomic mass is 10.1. The highest BCUT2D eigenvalue weighted by molar-refractivity contribution is 4.45. The van der Waals surface area contributed by atoms with Crippen molar-refractivity contribution in [2.75, 3.05) is 13.2 Å². The second-order valence-corrected chi connectivity index (χ2v) is 5.81. The van der Waals surface area contributed by atoms with E-state index < -0.39 is 20.5 Å². The molecule has 0 atom stereocenters. The molecule has 0 spiro atoms. The molecule has 0 heterocycles. The molecule has 0 aliphatic carbocycles. The van der Waals surface area contributed by atoms with Gasteiger partial charge in [0.25, 0.3) is 0 Å². The van der Waals surface area contributed by atoms with Gasteiger partial charge in [0.05, 0.1) is 29.1 Å². The van der Waals surface area contributed by atoms with Gasteiger partial charge in [-0.2, -0.15) is 28.0 Å². The monoisotopic (exact) mass is 324 g/mol. The Bertz CT molecular complexity index is 193. The van der Waals surface area contributed by atoms with E-state index in [-0.39, 0.29) is 13.2 Å². The second kappa shape index (κ2) is 10.1. The van der Waals surface area contributed by atoms with Crippen molar-refractivity contribution < 1.29 is 57.0 Å². The molecule has 0 fully saturated rings. The molecule has 10 heteroatoms. The van der Waals surface area contributed by atoms with Crippen molar-refractivity contribution in [1.82, 2.24) is 0 Å². The van der Waals surface area contributed by atoms with Gasteiger partial charge in [0.15, 0.2) is 0 Å². The first-order valence-electron chi connectivity index (χ1n) is 5.81. The standard InChI is InChI=1S/C9H18Cl2O8/c12-10(13,14)18-8-6-4-2-1-3-5-7-9-19-11(15,16)17/h1-9H2. The molecule has 0 aromatic carbocycles. The van der Waals surface area contributed by atoms with E-state index in [0.29, 0.717) is 12.8 Å². The van der Waals surface area contributed by atoms with Crippen molar-refractivity contribution in [2.45, 2.75) is 44.9 Å². The van der Waals surface area contributed by atoms with E-state index in [4.69, 9.17) is 0 Å². The van der Waals surface area contributed by atoms with Crippen molar-refractivity contribution in [1.29, 1.82) is 0 Å². The molecule has 0 saturated heterocycles. The first kappa shape index (κ1) is 19.3. The first-order chi connectivity index (χ1) is 8.71. The lowest BCUT2D eigenvalue weighted by Crippen LogP contribution is -2.61. The summed E-state index contributed by atoms with van der Waals surface area (Å²) in [6, 6.07) is 0. The normalized spacial score (nSPS) is 12.9. The fourth-order valence-corrected chi connectivity index (χ4v) is 1.98. The number of unbranched alkanes of at least 4 members (excludes halogenated alkanes) is 6. The molecule has 116 valence electrons. The molecule has 0 aromatic heterocycles. The molecular formula is C9H18Cl2O8. The zero-order valence-electron chi connectivity index (χ0n) is 10.4. The van der Waals surface area contributed by atoms with Crippen molar-refractivity contribution in [2.24, 2.45) is 0 Å². The van der Waals surface area contributed by atoms with Gasteiger partial charge in [0, 0.05) is 0 Å². The quantitative estimate of drug-likeness (QED) is 0.325. The second-order valence-electron chi connectivity index (χ2n) is 3.86. The fraction of sp³-hybridized carbons (Fsp3) is 1.00. The third-order valence-electron chi connectivity index (χ3n) is 2.21. The Hall–Kier alpha value is 0.260. The third kappa shape index (κ3) is 18.3. The predicted octanol–water partition coefficient (Wildman–Crippen LogP) is -4.46. The summed E-state index contributed by atoms with van der Waals surface area (Å²) in [7, 11) is -8.65. The van der Waals surface area contributed by atoms with E-state index >= 15 is 0 Å². The van der Waals surface area contributed by atoms with Crippen molar-refractivity contribution >= 4 is 0 Å². The zero-order chi connectivity index (χ0) is 14.8. The van der Waals surface area contributed by atoms with Crippen LogP contribution in [0.4, 0.5) is 0 Å². The third-order valence-corrected chi connectivity index (χ3v) is 3.05. The topological polar surface area (TPSA) is 157 Å². The molecule has 0 amide bonds. The average Bonchev–Trinajstić information content (AvgIpc) is 2.22. The molecule has 0 saturated carbocycles. The number of halogens is 2. The molecule has 8 nitrogen and oxygen atoms in total. The van der Waals surface area contributed by atoms with Crippen LogP contribution in [0.2, 0.25) is 0 Å². The largest absolute Gasteiger partial charge is 0.203 e. The van der Waals surface area contributed by atoms with Crippen LogP contribution in [0.25, 0.3) is 0 Å². The van der Waals surface area contributed by atoms with Crippen molar-refractivity contribution in [3.05, 3.63) is 0 Å². The van der Waals surface area contributed by atoms with E-state index in [0.717, 1.165) is 32.1 Å². The highest BCUT2D eigenvalue weighted by Gasteiger charge is 2.16. The summed E-state index contributed by atoms with van der Waals surface area (Å²) in [5.74, 6) is 0. The molecule has 0 unspecified atom stereocenters. The fourth-order valence-electron chi connectivity index (χ4n) is 1.39. The van der Waals surface area contributed by atoms with Crippen molar-refractivity contribution in [3.8, 4) is 0 Å². The first-order valence-corrected chi connectivity index (χ1v) is 8.28. The van der Waals surface area contributed by atoms with E-state index in [1.54, 1.807) is 0 Å². The van der Waals surface area contributed by atoms with Crippen molar-refractivity contribution in [3.63, 3.8) is 0 Å². The molecule has 0 aliphatic heterocycles. The lowest BCUT2D eigenvalue weighted by molar-refractivity contribution is -1.92. The summed E-state index contributed by atoms with van der Waals surface area (Å²) < 4.78 is 68.3. The molecule has 0 bridgehead atoms. The van der Waals surface area contributed by atoms with Crippen LogP contribution >= 0.6 is 0 Å². The number of hydrogen-bond acceptors (Lipinski definition) is 8. The minimum atomic E-state index is -4.32. The molecular weight excluding hydrogens is 307 g/mol. The summed E-state index contributed by atoms with van der Waals surface area (Å²) >= 11 is 0. The molecule has 0 aliphatic rings. The predicted molar refractivity (Wildman–Crippen MR) is 44.2 cm³/mol. The molecule has 0 radical (unpaired) electrons. The van der Waals surface area contributed by atoms with Crippen LogP contribution in [0.3, 0.4) is 0 Å². The van der Waals surface area contributed by atoms with Crippen LogP contribution in [-0.4, -0.2) is 13.2 Å². The van der Waals surface area contributed by atoms with Crippen LogP contribution in [-0.2, 0) is 8.58 Å². The van der Waals surface area contributed by atoms with E-state index in [2.05, 4.69) is 8.58 Å². The van der Waals surface area contributed by atoms with Gasteiger partial charge in [-0.15, -0.1) is 0 Å². The van der Waals surface area contributed by atoms with Gasteiger partial charge in [-0.3, -0.25) is 0 Å². The van der Waals surface area contributed by atoms with Gasteiger partial charge in [-0.05, 0) is 12.8 Å². The summed E-state index contributed by atoms with van der Waals surface area (Å²) in [4.78, 5) is 0. The maximum atomic E-state index is 10.1. The summed E-state index contributed by atoms with van der Waals surface area (Å²) in [5, 5.41) is 0. The van der Waals surface area contributed by atoms with Gasteiger partial charge in [-0.1, -0.05) is 32.1 Å². The van der Waals surface area contributed by atoms with Gasteiger partial charge >= 0.3 is 0 Å². The van der Waals surface area contributed by atoms with Gasteiger partial charge < -0.3 is 0 Å². The summed E-state index contributed by atoms with van der Waals surface area (Å²) in [6.45, 7) is -0.219. The zero-order valence-corrected chi connectivity index (χ0v) is 11.9. The average molecular weight is 325 g/mol. The van der Waals surface area contributed by atoms with Gasteiger partial charge in [0.2, 0.25) is 13.2 Å². The Balaban J connectivity index is 3.12. The van der Waals surface area contributed by atoms with Crippen LogP contribution in [0, 0.1) is 20.5 Å². The maximum absolute atomic E-state index is 10.1. The minimum Gasteiger partial charge on any atom is -0.183 e. The van der Waals surface area contributed by atoms with Crippen LogP contribution < -0.4 is 28.0 Å². The number of hydrogen-bond donors (Lipinski definition) is 0. The van der Waals surface area contributed by atoms with Crippen LogP contribution in [0.1, 0.15) is 44.9 Å². The minimum absolute atomic E-state index is 0.109. The Kier molecular flexibility index (Phi) is 10.2. The molecule has 0 N–H and O–H groups in total. The highest BCUT2D eigenvalue weighted by Crippen LogP contribution is 2.08. The van der Waals surface area contributed by atoms with Gasteiger partial charge in [0.1, 0.15) is 0 Å². The summed E-state index contributed by atoms with van der Waals surface area (Å²) in [6.07, 6.45) is 5.08. The molecule has 0 aromatic rings. The molecule has 0 rings (SSSR count). The Morgan fingerprint density at radius 3 is 1.00 bits per heavy atom. The van der Waals surface area contributed by atoms with Crippen LogP contribution in [0.15, 0.2) is 0 Å². The van der Waals surface area contributed by atoms with Gasteiger partial charge in [-0.25, -0.2) is 0 Å². The lowest BCUT2D eigenvalue weighted by Gasteiger charge is -2.12. The van der Waals surface area contributed by atoms with E-state index in [9.17, 15) is 28.0 Å². The Labute approximate surface area is 116 Å². The highest BCUT2D eigenvalue weighted by atomic mass is 35.7. The summed E-state index contributed by atoms with van der Waals surface area (Å²) in [5.41, 5.74) is 0.